The molecule has 0 N–H and O–H groups in total. The van der Waals surface area contributed by atoms with Gasteiger partial charge in [0, 0.05) is 10.1 Å². The molecule has 0 saturated heterocycles. The second-order valence-electron chi connectivity index (χ2n) is 4.66. The maximum atomic E-state index is 12.3. The van der Waals surface area contributed by atoms with Crippen LogP contribution in [0.15, 0.2) is 29.3 Å². The van der Waals surface area contributed by atoms with Gasteiger partial charge in [-0.15, -0.1) is 0 Å². The Bertz CT molecular complexity index is 616. The third kappa shape index (κ3) is 2.10. The number of benzene rings is 1. The molecule has 1 aliphatic rings. The van der Waals surface area contributed by atoms with Crippen LogP contribution in [0.4, 0.5) is 0 Å². The minimum absolute atomic E-state index is 0.0976. The molecule has 0 bridgehead atoms. The molecule has 1 aromatic carbocycles. The topological polar surface area (TPSA) is 34.9 Å². The van der Waals surface area contributed by atoms with Crippen molar-refractivity contribution in [1.29, 1.82) is 0 Å². The minimum Gasteiger partial charge on any atom is -0.298 e. The van der Waals surface area contributed by atoms with Crippen molar-refractivity contribution in [3.63, 3.8) is 0 Å². The molecule has 1 saturated carbocycles. The zero-order valence-corrected chi connectivity index (χ0v) is 11.6. The van der Waals surface area contributed by atoms with E-state index in [0.29, 0.717) is 5.92 Å². The normalized spacial score (nSPS) is 16.1. The second-order valence-corrected chi connectivity index (χ2v) is 5.91. The van der Waals surface area contributed by atoms with Gasteiger partial charge in [0.15, 0.2) is 0 Å². The monoisotopic (exact) mass is 340 g/mol. The molecular formula is C13H13IN2O. The predicted molar refractivity (Wildman–Crippen MR) is 76.1 cm³/mol. The molecule has 1 fully saturated rings. The molecular weight excluding hydrogens is 327 g/mol. The second kappa shape index (κ2) is 4.40. The number of nitrogens with zero attached hydrogens (tertiary/aromatic N) is 2. The molecule has 3 rings (SSSR count). The van der Waals surface area contributed by atoms with E-state index in [9.17, 15) is 4.79 Å². The lowest BCUT2D eigenvalue weighted by molar-refractivity contribution is 0.273. The summed E-state index contributed by atoms with van der Waals surface area (Å²) in [6.45, 7) is 0.827. The highest BCUT2D eigenvalue weighted by atomic mass is 127. The zero-order valence-electron chi connectivity index (χ0n) is 9.40. The molecule has 0 amide bonds. The average molecular weight is 340 g/mol. The van der Waals surface area contributed by atoms with E-state index in [0.717, 1.165) is 21.0 Å². The summed E-state index contributed by atoms with van der Waals surface area (Å²) in [5.74, 6) is 0.676. The smallest absolute Gasteiger partial charge is 0.261 e. The molecule has 2 aromatic rings. The van der Waals surface area contributed by atoms with Crippen LogP contribution in [0.3, 0.4) is 0 Å². The van der Waals surface area contributed by atoms with Gasteiger partial charge in [-0.05, 0) is 59.5 Å². The van der Waals surface area contributed by atoms with E-state index in [2.05, 4.69) is 27.6 Å². The first-order valence-electron chi connectivity index (χ1n) is 5.89. The maximum absolute atomic E-state index is 12.3. The summed E-state index contributed by atoms with van der Waals surface area (Å²) >= 11 is 2.22. The summed E-state index contributed by atoms with van der Waals surface area (Å²) in [6, 6.07) is 5.81. The Morgan fingerprint density at radius 2 is 2.24 bits per heavy atom. The van der Waals surface area contributed by atoms with E-state index in [1.165, 1.54) is 19.3 Å². The molecule has 0 atom stereocenters. The largest absolute Gasteiger partial charge is 0.298 e. The quantitative estimate of drug-likeness (QED) is 0.788. The number of halogens is 1. The van der Waals surface area contributed by atoms with Crippen LogP contribution in [0.25, 0.3) is 10.9 Å². The molecule has 88 valence electrons. The van der Waals surface area contributed by atoms with Crippen molar-refractivity contribution in [1.82, 2.24) is 9.55 Å². The SMILES string of the molecule is O=c1c2cc(I)ccc2ncn1CC1CCC1. The average Bonchev–Trinajstić information content (AvgIpc) is 2.27. The Kier molecular flexibility index (Phi) is 2.90. The van der Waals surface area contributed by atoms with Crippen molar-refractivity contribution in [2.45, 2.75) is 25.8 Å². The lowest BCUT2D eigenvalue weighted by Crippen LogP contribution is -2.27. The summed E-state index contributed by atoms with van der Waals surface area (Å²) in [5, 5.41) is 0.735. The Balaban J connectivity index is 2.07. The van der Waals surface area contributed by atoms with Crippen LogP contribution in [0.2, 0.25) is 0 Å². The number of hydrogen-bond acceptors (Lipinski definition) is 2. The fourth-order valence-electron chi connectivity index (χ4n) is 2.21. The van der Waals surface area contributed by atoms with Gasteiger partial charge in [-0.3, -0.25) is 9.36 Å². The van der Waals surface area contributed by atoms with Gasteiger partial charge < -0.3 is 0 Å². The predicted octanol–water partition coefficient (Wildman–Crippen LogP) is 2.80. The first-order chi connectivity index (χ1) is 8.24. The number of fused-ring (bicyclic) bond motifs is 1. The summed E-state index contributed by atoms with van der Waals surface area (Å²) in [4.78, 5) is 16.6. The number of aromatic nitrogens is 2. The fourth-order valence-corrected chi connectivity index (χ4v) is 2.71. The first-order valence-corrected chi connectivity index (χ1v) is 6.96. The van der Waals surface area contributed by atoms with Crippen LogP contribution >= 0.6 is 22.6 Å². The van der Waals surface area contributed by atoms with Crippen molar-refractivity contribution in [2.75, 3.05) is 0 Å². The summed E-state index contributed by atoms with van der Waals surface area (Å²) < 4.78 is 2.85. The summed E-state index contributed by atoms with van der Waals surface area (Å²) in [6.07, 6.45) is 5.49. The first kappa shape index (κ1) is 11.2. The fraction of sp³-hybridized carbons (Fsp3) is 0.385. The Labute approximate surface area is 113 Å². The van der Waals surface area contributed by atoms with Crippen molar-refractivity contribution >= 4 is 33.5 Å². The number of rotatable bonds is 2. The molecule has 1 heterocycles. The molecule has 0 spiro atoms. The van der Waals surface area contributed by atoms with Gasteiger partial charge in [-0.1, -0.05) is 6.42 Å². The molecule has 17 heavy (non-hydrogen) atoms. The maximum Gasteiger partial charge on any atom is 0.261 e. The molecule has 0 unspecified atom stereocenters. The van der Waals surface area contributed by atoms with Gasteiger partial charge in [0.05, 0.1) is 17.2 Å². The van der Waals surface area contributed by atoms with E-state index in [4.69, 9.17) is 0 Å². The highest BCUT2D eigenvalue weighted by Crippen LogP contribution is 2.27. The van der Waals surface area contributed by atoms with Gasteiger partial charge >= 0.3 is 0 Å². The third-order valence-corrected chi connectivity index (χ3v) is 4.14. The van der Waals surface area contributed by atoms with E-state index in [-0.39, 0.29) is 5.56 Å². The van der Waals surface area contributed by atoms with Gasteiger partial charge in [-0.25, -0.2) is 4.98 Å². The van der Waals surface area contributed by atoms with E-state index in [1.54, 1.807) is 10.9 Å². The molecule has 4 heteroatoms. The van der Waals surface area contributed by atoms with Crippen molar-refractivity contribution in [2.24, 2.45) is 5.92 Å². The molecule has 1 aliphatic carbocycles. The lowest BCUT2D eigenvalue weighted by Gasteiger charge is -2.25. The molecule has 0 aliphatic heterocycles. The van der Waals surface area contributed by atoms with Crippen LogP contribution in [0.1, 0.15) is 19.3 Å². The molecule has 3 nitrogen and oxygen atoms in total. The van der Waals surface area contributed by atoms with Gasteiger partial charge in [0.1, 0.15) is 0 Å². The lowest BCUT2D eigenvalue weighted by atomic mass is 9.85. The van der Waals surface area contributed by atoms with Gasteiger partial charge in [-0.2, -0.15) is 0 Å². The highest BCUT2D eigenvalue weighted by Gasteiger charge is 2.18. The van der Waals surface area contributed by atoms with Gasteiger partial charge in [0.2, 0.25) is 0 Å². The Hall–Kier alpha value is -0.910. The van der Waals surface area contributed by atoms with Crippen LogP contribution in [0.5, 0.6) is 0 Å². The van der Waals surface area contributed by atoms with Crippen molar-refractivity contribution in [3.05, 3.63) is 38.5 Å². The third-order valence-electron chi connectivity index (χ3n) is 3.47. The Morgan fingerprint density at radius 1 is 1.41 bits per heavy atom. The van der Waals surface area contributed by atoms with Crippen molar-refractivity contribution < 1.29 is 0 Å². The van der Waals surface area contributed by atoms with E-state index < -0.39 is 0 Å². The van der Waals surface area contributed by atoms with Crippen LogP contribution in [-0.4, -0.2) is 9.55 Å². The van der Waals surface area contributed by atoms with E-state index >= 15 is 0 Å². The molecule has 1 aromatic heterocycles. The standard InChI is InChI=1S/C13H13IN2O/c14-10-4-5-12-11(6-10)13(17)16(8-15-12)7-9-2-1-3-9/h4-6,8-9H,1-3,7H2. The molecule has 0 radical (unpaired) electrons. The van der Waals surface area contributed by atoms with Crippen molar-refractivity contribution in [3.8, 4) is 0 Å². The minimum atomic E-state index is 0.0976. The zero-order chi connectivity index (χ0) is 11.8. The Morgan fingerprint density at radius 3 is 2.94 bits per heavy atom. The summed E-state index contributed by atoms with van der Waals surface area (Å²) in [5.41, 5.74) is 0.890. The summed E-state index contributed by atoms with van der Waals surface area (Å²) in [7, 11) is 0. The van der Waals surface area contributed by atoms with Crippen LogP contribution in [-0.2, 0) is 6.54 Å². The van der Waals surface area contributed by atoms with Gasteiger partial charge in [0.25, 0.3) is 5.56 Å². The van der Waals surface area contributed by atoms with E-state index in [1.807, 2.05) is 18.2 Å². The van der Waals surface area contributed by atoms with Crippen LogP contribution in [0, 0.1) is 9.49 Å². The van der Waals surface area contributed by atoms with Crippen LogP contribution < -0.4 is 5.56 Å². The highest BCUT2D eigenvalue weighted by molar-refractivity contribution is 14.1. The number of hydrogen-bond donors (Lipinski definition) is 0.